The highest BCUT2D eigenvalue weighted by molar-refractivity contribution is 7.89. The third-order valence-electron chi connectivity index (χ3n) is 3.52. The Morgan fingerprint density at radius 2 is 2.05 bits per heavy atom. The molecule has 8 heteroatoms. The number of hydrogen-bond acceptors (Lipinski definition) is 5. The number of anilines is 1. The molecule has 0 radical (unpaired) electrons. The summed E-state index contributed by atoms with van der Waals surface area (Å²) in [5, 5.41) is 14.0. The van der Waals surface area contributed by atoms with Crippen molar-refractivity contribution < 1.29 is 13.3 Å². The zero-order valence-electron chi connectivity index (χ0n) is 12.0. The van der Waals surface area contributed by atoms with Gasteiger partial charge in [-0.1, -0.05) is 6.92 Å². The van der Waals surface area contributed by atoms with Crippen LogP contribution < -0.4 is 10.0 Å². The van der Waals surface area contributed by atoms with Crippen molar-refractivity contribution in [2.75, 3.05) is 11.9 Å². The molecule has 0 saturated heterocycles. The van der Waals surface area contributed by atoms with E-state index < -0.39 is 20.6 Å². The number of sulfonamides is 1. The van der Waals surface area contributed by atoms with Crippen molar-refractivity contribution in [1.29, 1.82) is 0 Å². The normalized spacial score (nSPS) is 21.6. The van der Waals surface area contributed by atoms with Crippen LogP contribution in [0, 0.1) is 16.0 Å². The standard InChI is InChI=1S/C13H19N3O4S/c1-3-14-10-4-5-12(16(17)18)13(8-10)21(19,20)15-11-6-9(2)7-11/h4-5,8-9,11,14-15H,3,6-7H2,1-2H3. The van der Waals surface area contributed by atoms with Crippen LogP contribution in [0.1, 0.15) is 26.7 Å². The van der Waals surface area contributed by atoms with Crippen molar-refractivity contribution in [3.05, 3.63) is 28.3 Å². The zero-order chi connectivity index (χ0) is 15.6. The van der Waals surface area contributed by atoms with Gasteiger partial charge >= 0.3 is 0 Å². The number of nitro groups is 1. The van der Waals surface area contributed by atoms with Crippen LogP contribution in [0.25, 0.3) is 0 Å². The highest BCUT2D eigenvalue weighted by Gasteiger charge is 2.33. The summed E-state index contributed by atoms with van der Waals surface area (Å²) in [5.41, 5.74) is 0.141. The Kier molecular flexibility index (Phi) is 4.48. The lowest BCUT2D eigenvalue weighted by Crippen LogP contribution is -2.43. The molecule has 1 saturated carbocycles. The zero-order valence-corrected chi connectivity index (χ0v) is 12.8. The van der Waals surface area contributed by atoms with E-state index in [1.807, 2.05) is 13.8 Å². The van der Waals surface area contributed by atoms with Crippen molar-refractivity contribution in [1.82, 2.24) is 4.72 Å². The van der Waals surface area contributed by atoms with Crippen LogP contribution in [0.2, 0.25) is 0 Å². The third kappa shape index (κ3) is 3.51. The van der Waals surface area contributed by atoms with Crippen LogP contribution in [-0.2, 0) is 10.0 Å². The maximum atomic E-state index is 12.4. The van der Waals surface area contributed by atoms with Crippen LogP contribution in [0.5, 0.6) is 0 Å². The van der Waals surface area contributed by atoms with Gasteiger partial charge in [-0.3, -0.25) is 10.1 Å². The molecule has 116 valence electrons. The third-order valence-corrected chi connectivity index (χ3v) is 5.07. The molecule has 0 heterocycles. The molecular weight excluding hydrogens is 294 g/mol. The van der Waals surface area contributed by atoms with E-state index in [9.17, 15) is 18.5 Å². The first-order valence-corrected chi connectivity index (χ1v) is 8.36. The molecule has 1 aromatic carbocycles. The number of nitro benzene ring substituents is 1. The van der Waals surface area contributed by atoms with Gasteiger partial charge in [-0.25, -0.2) is 13.1 Å². The first kappa shape index (κ1) is 15.7. The van der Waals surface area contributed by atoms with Gasteiger partial charge in [-0.2, -0.15) is 0 Å². The van der Waals surface area contributed by atoms with Crippen LogP contribution in [0.3, 0.4) is 0 Å². The van der Waals surface area contributed by atoms with Gasteiger partial charge in [0.1, 0.15) is 0 Å². The fourth-order valence-electron chi connectivity index (χ4n) is 2.48. The summed E-state index contributed by atoms with van der Waals surface area (Å²) < 4.78 is 27.3. The van der Waals surface area contributed by atoms with E-state index >= 15 is 0 Å². The van der Waals surface area contributed by atoms with Gasteiger partial charge in [-0.05, 0) is 37.8 Å². The fourth-order valence-corrected chi connectivity index (χ4v) is 3.93. The SMILES string of the molecule is CCNc1ccc([N+](=O)[O-])c(S(=O)(=O)NC2CC(C)C2)c1. The van der Waals surface area contributed by atoms with E-state index in [0.717, 1.165) is 12.8 Å². The summed E-state index contributed by atoms with van der Waals surface area (Å²) in [5.74, 6) is 0.487. The summed E-state index contributed by atoms with van der Waals surface area (Å²) in [6.45, 7) is 4.51. The molecule has 0 aromatic heterocycles. The quantitative estimate of drug-likeness (QED) is 0.618. The number of hydrogen-bond donors (Lipinski definition) is 2. The predicted molar refractivity (Wildman–Crippen MR) is 79.8 cm³/mol. The molecule has 2 N–H and O–H groups in total. The van der Waals surface area contributed by atoms with E-state index in [1.165, 1.54) is 18.2 Å². The average Bonchev–Trinajstić information content (AvgIpc) is 2.36. The van der Waals surface area contributed by atoms with Crippen molar-refractivity contribution in [2.45, 2.75) is 37.6 Å². The van der Waals surface area contributed by atoms with Gasteiger partial charge in [0, 0.05) is 24.3 Å². The summed E-state index contributed by atoms with van der Waals surface area (Å²) in [6, 6.07) is 3.90. The first-order valence-electron chi connectivity index (χ1n) is 6.88. The molecule has 21 heavy (non-hydrogen) atoms. The maximum absolute atomic E-state index is 12.4. The average molecular weight is 313 g/mol. The molecule has 0 amide bonds. The van der Waals surface area contributed by atoms with Crippen molar-refractivity contribution in [3.8, 4) is 0 Å². The second kappa shape index (κ2) is 5.98. The molecule has 0 atom stereocenters. The lowest BCUT2D eigenvalue weighted by atomic mass is 9.83. The molecule has 1 aliphatic rings. The Labute approximate surface area is 123 Å². The monoisotopic (exact) mass is 313 g/mol. The number of nitrogens with zero attached hydrogens (tertiary/aromatic N) is 1. The predicted octanol–water partition coefficient (Wildman–Crippen LogP) is 2.10. The molecule has 0 bridgehead atoms. The number of nitrogens with one attached hydrogen (secondary N) is 2. The Morgan fingerprint density at radius 3 is 2.57 bits per heavy atom. The molecule has 1 aromatic rings. The molecule has 1 aliphatic carbocycles. The number of rotatable bonds is 6. The minimum absolute atomic E-state index is 0.132. The van der Waals surface area contributed by atoms with E-state index in [-0.39, 0.29) is 10.9 Å². The van der Waals surface area contributed by atoms with Gasteiger partial charge in [0.2, 0.25) is 10.0 Å². The maximum Gasteiger partial charge on any atom is 0.289 e. The second-order valence-electron chi connectivity index (χ2n) is 5.36. The van der Waals surface area contributed by atoms with Gasteiger partial charge in [0.05, 0.1) is 4.92 Å². The molecule has 1 fully saturated rings. The van der Waals surface area contributed by atoms with E-state index in [0.29, 0.717) is 18.2 Å². The molecule has 0 spiro atoms. The molecule has 0 aliphatic heterocycles. The Balaban J connectivity index is 2.34. The largest absolute Gasteiger partial charge is 0.385 e. The van der Waals surface area contributed by atoms with Gasteiger partial charge in [-0.15, -0.1) is 0 Å². The van der Waals surface area contributed by atoms with Crippen LogP contribution in [0.4, 0.5) is 11.4 Å². The smallest absolute Gasteiger partial charge is 0.289 e. The summed E-state index contributed by atoms with van der Waals surface area (Å²) in [4.78, 5) is 10.1. The Morgan fingerprint density at radius 1 is 1.38 bits per heavy atom. The number of benzene rings is 1. The van der Waals surface area contributed by atoms with Gasteiger partial charge < -0.3 is 5.32 Å². The van der Waals surface area contributed by atoms with Crippen molar-refractivity contribution in [2.24, 2.45) is 5.92 Å². The van der Waals surface area contributed by atoms with Gasteiger partial charge in [0.25, 0.3) is 5.69 Å². The summed E-state index contributed by atoms with van der Waals surface area (Å²) >= 11 is 0. The van der Waals surface area contributed by atoms with Crippen molar-refractivity contribution in [3.63, 3.8) is 0 Å². The lowest BCUT2D eigenvalue weighted by molar-refractivity contribution is -0.387. The molecule has 2 rings (SSSR count). The second-order valence-corrected chi connectivity index (χ2v) is 7.05. The molecular formula is C13H19N3O4S. The Hall–Kier alpha value is -1.67. The fraction of sp³-hybridized carbons (Fsp3) is 0.538. The van der Waals surface area contributed by atoms with Crippen LogP contribution in [-0.4, -0.2) is 25.9 Å². The van der Waals surface area contributed by atoms with E-state index in [1.54, 1.807) is 0 Å². The van der Waals surface area contributed by atoms with Gasteiger partial charge in [0.15, 0.2) is 4.90 Å². The van der Waals surface area contributed by atoms with E-state index in [2.05, 4.69) is 10.0 Å². The minimum atomic E-state index is -3.89. The van der Waals surface area contributed by atoms with Crippen LogP contribution >= 0.6 is 0 Å². The highest BCUT2D eigenvalue weighted by atomic mass is 32.2. The highest BCUT2D eigenvalue weighted by Crippen LogP contribution is 2.31. The Bertz CT molecular complexity index is 639. The van der Waals surface area contributed by atoms with Crippen LogP contribution in [0.15, 0.2) is 23.1 Å². The molecule has 0 unspecified atom stereocenters. The van der Waals surface area contributed by atoms with Crippen molar-refractivity contribution >= 4 is 21.4 Å². The minimum Gasteiger partial charge on any atom is -0.385 e. The lowest BCUT2D eigenvalue weighted by Gasteiger charge is -2.32. The summed E-state index contributed by atoms with van der Waals surface area (Å²) in [7, 11) is -3.89. The summed E-state index contributed by atoms with van der Waals surface area (Å²) in [6.07, 6.45) is 1.53. The first-order chi connectivity index (χ1) is 9.83. The topological polar surface area (TPSA) is 101 Å². The van der Waals surface area contributed by atoms with E-state index in [4.69, 9.17) is 0 Å². The molecule has 7 nitrogen and oxygen atoms in total.